The lowest BCUT2D eigenvalue weighted by atomic mass is 9.98. The Morgan fingerprint density at radius 3 is 2.61 bits per heavy atom. The number of rotatable bonds is 7. The second-order valence-corrected chi connectivity index (χ2v) is 10.3. The van der Waals surface area contributed by atoms with E-state index in [1.54, 1.807) is 6.20 Å². The van der Waals surface area contributed by atoms with Gasteiger partial charge in [-0.1, -0.05) is 18.5 Å². The largest absolute Gasteiger partial charge is 0.444 e. The van der Waals surface area contributed by atoms with E-state index in [2.05, 4.69) is 31.3 Å². The van der Waals surface area contributed by atoms with Crippen LogP contribution in [0.5, 0.6) is 0 Å². The molecular weight excluding hydrogens is 466 g/mol. The molecule has 2 fully saturated rings. The van der Waals surface area contributed by atoms with Crippen LogP contribution in [0.1, 0.15) is 47.0 Å². The molecule has 0 saturated carbocycles. The summed E-state index contributed by atoms with van der Waals surface area (Å²) < 4.78 is 13.3. The monoisotopic (exact) mass is 501 g/mol. The van der Waals surface area contributed by atoms with Crippen molar-refractivity contribution < 1.29 is 18.8 Å². The molecule has 3 rings (SSSR count). The van der Waals surface area contributed by atoms with E-state index in [1.165, 1.54) is 7.11 Å². The van der Waals surface area contributed by atoms with E-state index in [4.69, 9.17) is 20.7 Å². The quantitative estimate of drug-likeness (QED) is 0.190. The van der Waals surface area contributed by atoms with Gasteiger partial charge >= 0.3 is 6.09 Å². The molecule has 186 valence electrons. The molecule has 0 bridgehead atoms. The third kappa shape index (κ3) is 7.26. The first kappa shape index (κ1) is 26.2. The zero-order valence-corrected chi connectivity index (χ0v) is 21.7. The maximum atomic E-state index is 12.4. The number of anilines is 2. The van der Waals surface area contributed by atoms with Crippen molar-refractivity contribution in [1.29, 1.82) is 0 Å². The summed E-state index contributed by atoms with van der Waals surface area (Å²) in [5.74, 6) is 0.803. The second-order valence-electron chi connectivity index (χ2n) is 9.39. The van der Waals surface area contributed by atoms with Gasteiger partial charge in [0.05, 0.1) is 24.0 Å². The fourth-order valence-corrected chi connectivity index (χ4v) is 5.03. The van der Waals surface area contributed by atoms with Crippen molar-refractivity contribution >= 4 is 41.4 Å². The number of halogens is 1. The molecule has 9 nitrogen and oxygen atoms in total. The second kappa shape index (κ2) is 11.8. The topological polar surface area (TPSA) is 79.4 Å². The number of likely N-dealkylation sites (tertiary alicyclic amines) is 1. The van der Waals surface area contributed by atoms with E-state index in [1.807, 2.05) is 31.7 Å². The van der Waals surface area contributed by atoms with Gasteiger partial charge in [-0.15, -0.1) is 4.33 Å². The summed E-state index contributed by atoms with van der Waals surface area (Å²) in [5.41, 5.74) is 0.283. The van der Waals surface area contributed by atoms with Crippen LogP contribution < -0.4 is 9.62 Å². The summed E-state index contributed by atoms with van der Waals surface area (Å²) in [7, 11) is 1.44. The standard InChI is InChI=1S/C22H36ClN5O4S/c1-6-17-15-27(20-19(23)13-16(14-24-20)25-33-32-30-5)11-12-28(17)18-7-9-26(10-8-18)21(29)31-22(2,3)4/h13-14,17-18,25H,6-12,15H2,1-5H3/t17-/m0/s1. The smallest absolute Gasteiger partial charge is 0.410 e. The van der Waals surface area contributed by atoms with Crippen molar-refractivity contribution in [3.05, 3.63) is 17.3 Å². The molecule has 0 radical (unpaired) electrons. The average molecular weight is 502 g/mol. The van der Waals surface area contributed by atoms with E-state index < -0.39 is 5.60 Å². The Kier molecular flexibility index (Phi) is 9.34. The van der Waals surface area contributed by atoms with E-state index in [0.717, 1.165) is 75.7 Å². The van der Waals surface area contributed by atoms with Crippen molar-refractivity contribution in [3.8, 4) is 0 Å². The van der Waals surface area contributed by atoms with Crippen molar-refractivity contribution in [2.24, 2.45) is 0 Å². The van der Waals surface area contributed by atoms with Crippen LogP contribution in [0.4, 0.5) is 16.3 Å². The van der Waals surface area contributed by atoms with E-state index in [-0.39, 0.29) is 6.09 Å². The van der Waals surface area contributed by atoms with E-state index in [0.29, 0.717) is 17.1 Å². The predicted molar refractivity (Wildman–Crippen MR) is 132 cm³/mol. The highest BCUT2D eigenvalue weighted by atomic mass is 35.5. The molecule has 1 aromatic heterocycles. The van der Waals surface area contributed by atoms with Crippen LogP contribution in [0.25, 0.3) is 0 Å². The van der Waals surface area contributed by atoms with Gasteiger partial charge in [-0.25, -0.2) is 14.7 Å². The van der Waals surface area contributed by atoms with Crippen LogP contribution in [0.2, 0.25) is 5.02 Å². The summed E-state index contributed by atoms with van der Waals surface area (Å²) in [5, 5.41) is 0.604. The Balaban J connectivity index is 1.55. The predicted octanol–water partition coefficient (Wildman–Crippen LogP) is 4.59. The highest BCUT2D eigenvalue weighted by Gasteiger charge is 2.35. The molecule has 3 heterocycles. The Morgan fingerprint density at radius 1 is 1.27 bits per heavy atom. The zero-order valence-electron chi connectivity index (χ0n) is 20.2. The fourth-order valence-electron chi connectivity index (χ4n) is 4.43. The molecule has 0 aromatic carbocycles. The number of hydrogen-bond donors (Lipinski definition) is 1. The van der Waals surface area contributed by atoms with E-state index >= 15 is 0 Å². The molecule has 1 atom stereocenters. The molecule has 2 saturated heterocycles. The highest BCUT2D eigenvalue weighted by Crippen LogP contribution is 2.31. The molecule has 0 aliphatic carbocycles. The molecule has 0 unspecified atom stereocenters. The van der Waals surface area contributed by atoms with Gasteiger partial charge in [0.15, 0.2) is 0 Å². The zero-order chi connectivity index (χ0) is 24.0. The molecule has 33 heavy (non-hydrogen) atoms. The Morgan fingerprint density at radius 2 is 2.00 bits per heavy atom. The molecule has 1 N–H and O–H groups in total. The maximum absolute atomic E-state index is 12.4. The van der Waals surface area contributed by atoms with Crippen LogP contribution in [-0.4, -0.2) is 78.4 Å². The third-order valence-electron chi connectivity index (χ3n) is 5.97. The van der Waals surface area contributed by atoms with Gasteiger partial charge in [-0.2, -0.15) is 0 Å². The molecule has 2 aliphatic heterocycles. The lowest BCUT2D eigenvalue weighted by Crippen LogP contribution is -2.59. The van der Waals surface area contributed by atoms with Gasteiger partial charge in [0.25, 0.3) is 0 Å². The number of hydrogen-bond acceptors (Lipinski definition) is 9. The fraction of sp³-hybridized carbons (Fsp3) is 0.727. The van der Waals surface area contributed by atoms with Crippen molar-refractivity contribution in [2.45, 2.75) is 64.6 Å². The van der Waals surface area contributed by atoms with Crippen molar-refractivity contribution in [2.75, 3.05) is 49.5 Å². The molecule has 11 heteroatoms. The number of ether oxygens (including phenoxy) is 1. The van der Waals surface area contributed by atoms with Crippen LogP contribution in [0, 0.1) is 0 Å². The van der Waals surface area contributed by atoms with Gasteiger partial charge < -0.3 is 19.3 Å². The number of pyridine rings is 1. The number of aromatic nitrogens is 1. The normalized spacial score (nSPS) is 20.7. The molecule has 2 aliphatic rings. The van der Waals surface area contributed by atoms with Crippen LogP contribution in [-0.2, 0) is 14.0 Å². The third-order valence-corrected chi connectivity index (χ3v) is 6.77. The summed E-state index contributed by atoms with van der Waals surface area (Å²) in [6.07, 6.45) is 4.52. The van der Waals surface area contributed by atoms with Gasteiger partial charge in [0.1, 0.15) is 23.6 Å². The molecule has 1 amide bonds. The number of nitrogens with zero attached hydrogens (tertiary/aromatic N) is 4. The first-order chi connectivity index (χ1) is 15.7. The van der Waals surface area contributed by atoms with E-state index in [9.17, 15) is 4.79 Å². The van der Waals surface area contributed by atoms with Crippen LogP contribution in [0.3, 0.4) is 0 Å². The Bertz CT molecular complexity index is 789. The number of nitrogens with one attached hydrogen (secondary N) is 1. The SMILES string of the molecule is CC[C@H]1CN(c2ncc(NSOOC)cc2Cl)CCN1C1CCN(C(=O)OC(C)(C)C)CC1. The first-order valence-corrected chi connectivity index (χ1v) is 12.6. The Labute approximate surface area is 206 Å². The van der Waals surface area contributed by atoms with Crippen molar-refractivity contribution in [3.63, 3.8) is 0 Å². The lowest BCUT2D eigenvalue weighted by molar-refractivity contribution is -0.159. The highest BCUT2D eigenvalue weighted by molar-refractivity contribution is 7.95. The number of piperidine rings is 1. The first-order valence-electron chi connectivity index (χ1n) is 11.5. The van der Waals surface area contributed by atoms with Gasteiger partial charge in [-0.05, 0) is 46.1 Å². The number of carbonyl (C=O) groups excluding carboxylic acids is 1. The van der Waals surface area contributed by atoms with Gasteiger partial charge in [0, 0.05) is 44.8 Å². The molecule has 1 aromatic rings. The van der Waals surface area contributed by atoms with Gasteiger partial charge in [0.2, 0.25) is 0 Å². The Hall–Kier alpha value is -1.46. The van der Waals surface area contributed by atoms with Gasteiger partial charge in [-0.3, -0.25) is 4.90 Å². The summed E-state index contributed by atoms with van der Waals surface area (Å²) >= 11 is 7.51. The molecule has 0 spiro atoms. The minimum Gasteiger partial charge on any atom is -0.444 e. The molecular formula is C22H36ClN5O4S. The average Bonchev–Trinajstić information content (AvgIpc) is 2.78. The number of piperazine rings is 1. The summed E-state index contributed by atoms with van der Waals surface area (Å²) in [6, 6.07) is 2.73. The van der Waals surface area contributed by atoms with Crippen LogP contribution >= 0.6 is 23.8 Å². The summed E-state index contributed by atoms with van der Waals surface area (Å²) in [6.45, 7) is 12.1. The minimum atomic E-state index is -0.461. The minimum absolute atomic E-state index is 0.205. The lowest BCUT2D eigenvalue weighted by Gasteiger charge is -2.47. The van der Waals surface area contributed by atoms with Crippen LogP contribution in [0.15, 0.2) is 12.3 Å². The number of carbonyl (C=O) groups is 1. The summed E-state index contributed by atoms with van der Waals surface area (Å²) in [4.78, 5) is 28.3. The van der Waals surface area contributed by atoms with Crippen molar-refractivity contribution in [1.82, 2.24) is 14.8 Å². The maximum Gasteiger partial charge on any atom is 0.410 e. The number of amides is 1.